The molecule has 0 unspecified atom stereocenters. The van der Waals surface area contributed by atoms with Crippen LogP contribution in [0.1, 0.15) is 34.1 Å². The van der Waals surface area contributed by atoms with E-state index in [1.165, 1.54) is 18.3 Å². The van der Waals surface area contributed by atoms with Gasteiger partial charge < -0.3 is 15.8 Å². The van der Waals surface area contributed by atoms with Gasteiger partial charge in [-0.25, -0.2) is 19.2 Å². The maximum absolute atomic E-state index is 13.4. The number of hydrogen-bond acceptors (Lipinski definition) is 8. The van der Waals surface area contributed by atoms with Gasteiger partial charge in [-0.2, -0.15) is 5.26 Å². The second-order valence-electron chi connectivity index (χ2n) is 6.87. The highest BCUT2D eigenvalue weighted by Crippen LogP contribution is 2.30. The molecule has 3 N–H and O–H groups in total. The summed E-state index contributed by atoms with van der Waals surface area (Å²) in [6, 6.07) is 7.86. The van der Waals surface area contributed by atoms with Crippen molar-refractivity contribution in [3.8, 4) is 11.8 Å². The molecule has 9 nitrogen and oxygen atoms in total. The summed E-state index contributed by atoms with van der Waals surface area (Å²) < 4.78 is 20.0. The Morgan fingerprint density at radius 1 is 1.30 bits per heavy atom. The number of nitrogen functional groups attached to an aromatic ring is 1. The van der Waals surface area contributed by atoms with E-state index in [1.54, 1.807) is 30.5 Å². The Bertz CT molecular complexity index is 1250. The van der Waals surface area contributed by atoms with E-state index in [1.807, 2.05) is 6.92 Å². The molecule has 2 heterocycles. The van der Waals surface area contributed by atoms with E-state index in [0.29, 0.717) is 22.6 Å². The second-order valence-corrected chi connectivity index (χ2v) is 7.81. The molecule has 3 aromatic rings. The average molecular weight is 469 g/mol. The van der Waals surface area contributed by atoms with Crippen LogP contribution in [0.4, 0.5) is 16.0 Å². The molecule has 170 valence electrons. The van der Waals surface area contributed by atoms with Crippen LogP contribution < -0.4 is 11.1 Å². The summed E-state index contributed by atoms with van der Waals surface area (Å²) in [6.07, 6.45) is 1.25. The number of carbonyl (C=O) groups is 2. The highest BCUT2D eigenvalue weighted by atomic mass is 32.2. The van der Waals surface area contributed by atoms with Gasteiger partial charge in [0.25, 0.3) is 0 Å². The first-order valence-corrected chi connectivity index (χ1v) is 10.9. The molecule has 0 bridgehead atoms. The molecule has 1 aromatic carbocycles. The second kappa shape index (κ2) is 10.1. The maximum atomic E-state index is 13.4. The number of nitrogens with two attached hydrogens (primary N) is 1. The van der Waals surface area contributed by atoms with Gasteiger partial charge in [-0.1, -0.05) is 11.8 Å². The van der Waals surface area contributed by atoms with Crippen molar-refractivity contribution in [3.63, 3.8) is 0 Å². The number of thioether (sulfide) groups is 1. The van der Waals surface area contributed by atoms with Crippen molar-refractivity contribution in [2.45, 2.75) is 25.9 Å². The quantitative estimate of drug-likeness (QED) is 0.306. The number of hydrogen-bond donors (Lipinski definition) is 2. The van der Waals surface area contributed by atoms with Crippen molar-refractivity contribution < 1.29 is 18.7 Å². The summed E-state index contributed by atoms with van der Waals surface area (Å²) in [5.74, 6) is -1.25. The SMILES string of the molecule is CCOC(=O)c1cnc(SCC(=O)Nc2c(C#N)c(C)c(C)n2-c2ccc(F)cc2)nc1N. The molecule has 0 saturated heterocycles. The molecule has 11 heteroatoms. The van der Waals surface area contributed by atoms with E-state index in [2.05, 4.69) is 21.4 Å². The number of amides is 1. The van der Waals surface area contributed by atoms with Gasteiger partial charge in [0.05, 0.1) is 17.9 Å². The van der Waals surface area contributed by atoms with E-state index in [0.717, 1.165) is 17.5 Å². The van der Waals surface area contributed by atoms with Crippen LogP contribution in [0, 0.1) is 31.0 Å². The molecule has 0 fully saturated rings. The minimum atomic E-state index is -0.624. The molecule has 0 atom stereocenters. The first kappa shape index (κ1) is 23.7. The highest BCUT2D eigenvalue weighted by Gasteiger charge is 2.21. The van der Waals surface area contributed by atoms with Crippen LogP contribution in [0.5, 0.6) is 0 Å². The summed E-state index contributed by atoms with van der Waals surface area (Å²) in [6.45, 7) is 5.45. The lowest BCUT2D eigenvalue weighted by atomic mass is 10.2. The zero-order valence-electron chi connectivity index (χ0n) is 18.2. The summed E-state index contributed by atoms with van der Waals surface area (Å²) in [4.78, 5) is 32.6. The third kappa shape index (κ3) is 5.12. The number of rotatable bonds is 7. The molecule has 0 aliphatic heterocycles. The minimum absolute atomic E-state index is 0.0467. The maximum Gasteiger partial charge on any atom is 0.343 e. The summed E-state index contributed by atoms with van der Waals surface area (Å²) in [5, 5.41) is 12.6. The number of aromatic nitrogens is 3. The standard InChI is InChI=1S/C22H21FN6O3S/c1-4-32-21(31)17-10-26-22(28-19(17)25)33-11-18(30)27-20-16(9-24)12(2)13(3)29(20)15-7-5-14(23)6-8-15/h5-8,10H,4,11H2,1-3H3,(H,27,30)(H2,25,26,28). The van der Waals surface area contributed by atoms with Gasteiger partial charge in [0.1, 0.15) is 29.1 Å². The molecule has 2 aromatic heterocycles. The topological polar surface area (TPSA) is 136 Å². The van der Waals surface area contributed by atoms with Crippen LogP contribution in [0.2, 0.25) is 0 Å². The van der Waals surface area contributed by atoms with E-state index in [9.17, 15) is 19.2 Å². The number of nitriles is 1. The van der Waals surface area contributed by atoms with Crippen LogP contribution >= 0.6 is 11.8 Å². The molecule has 3 rings (SSSR count). The molecule has 33 heavy (non-hydrogen) atoms. The fourth-order valence-electron chi connectivity index (χ4n) is 3.09. The van der Waals surface area contributed by atoms with Crippen molar-refractivity contribution in [3.05, 3.63) is 58.7 Å². The molecule has 0 aliphatic rings. The lowest BCUT2D eigenvalue weighted by molar-refractivity contribution is -0.113. The van der Waals surface area contributed by atoms with E-state index in [-0.39, 0.29) is 28.9 Å². The third-order valence-electron chi connectivity index (χ3n) is 4.79. The number of nitrogens with zero attached hydrogens (tertiary/aromatic N) is 4. The van der Waals surface area contributed by atoms with Gasteiger partial charge in [-0.05, 0) is 50.6 Å². The Labute approximate surface area is 193 Å². The van der Waals surface area contributed by atoms with Gasteiger partial charge >= 0.3 is 5.97 Å². The van der Waals surface area contributed by atoms with Crippen LogP contribution in [-0.2, 0) is 9.53 Å². The van der Waals surface area contributed by atoms with Gasteiger partial charge in [0, 0.05) is 17.6 Å². The largest absolute Gasteiger partial charge is 0.462 e. The monoisotopic (exact) mass is 468 g/mol. The van der Waals surface area contributed by atoms with Crippen molar-refractivity contribution in [2.24, 2.45) is 0 Å². The van der Waals surface area contributed by atoms with E-state index in [4.69, 9.17) is 10.5 Å². The smallest absolute Gasteiger partial charge is 0.343 e. The van der Waals surface area contributed by atoms with E-state index >= 15 is 0 Å². The van der Waals surface area contributed by atoms with E-state index < -0.39 is 17.7 Å². The normalized spacial score (nSPS) is 10.5. The first-order chi connectivity index (χ1) is 15.8. The van der Waals surface area contributed by atoms with Gasteiger partial charge in [-0.15, -0.1) is 0 Å². The summed E-state index contributed by atoms with van der Waals surface area (Å²) in [7, 11) is 0. The number of benzene rings is 1. The van der Waals surface area contributed by atoms with Gasteiger partial charge in [-0.3, -0.25) is 9.36 Å². The van der Waals surface area contributed by atoms with Crippen LogP contribution in [0.15, 0.2) is 35.6 Å². The van der Waals surface area contributed by atoms with Crippen molar-refractivity contribution >= 4 is 35.3 Å². The lowest BCUT2D eigenvalue weighted by Crippen LogP contribution is -2.18. The average Bonchev–Trinajstić information content (AvgIpc) is 3.02. The number of carbonyl (C=O) groups excluding carboxylic acids is 2. The predicted octanol–water partition coefficient (Wildman–Crippen LogP) is 3.38. The molecule has 1 amide bonds. The lowest BCUT2D eigenvalue weighted by Gasteiger charge is -2.13. The zero-order chi connectivity index (χ0) is 24.1. The molecular weight excluding hydrogens is 447 g/mol. The zero-order valence-corrected chi connectivity index (χ0v) is 19.0. The number of anilines is 2. The fourth-order valence-corrected chi connectivity index (χ4v) is 3.71. The van der Waals surface area contributed by atoms with Crippen molar-refractivity contribution in [1.29, 1.82) is 5.26 Å². The van der Waals surface area contributed by atoms with Crippen molar-refractivity contribution in [2.75, 3.05) is 23.4 Å². The van der Waals surface area contributed by atoms with Crippen molar-refractivity contribution in [1.82, 2.24) is 14.5 Å². The van der Waals surface area contributed by atoms with Crippen LogP contribution in [-0.4, -0.2) is 38.8 Å². The number of ether oxygens (including phenoxy) is 1. The number of esters is 1. The molecule has 0 radical (unpaired) electrons. The van der Waals surface area contributed by atoms with Gasteiger partial charge in [0.2, 0.25) is 5.91 Å². The molecular formula is C22H21FN6O3S. The first-order valence-electron chi connectivity index (χ1n) is 9.87. The highest BCUT2D eigenvalue weighted by molar-refractivity contribution is 7.99. The summed E-state index contributed by atoms with van der Waals surface area (Å²) >= 11 is 1.02. The number of halogens is 1. The fraction of sp³-hybridized carbons (Fsp3) is 0.227. The van der Waals surface area contributed by atoms with Crippen LogP contribution in [0.3, 0.4) is 0 Å². The Balaban J connectivity index is 1.79. The minimum Gasteiger partial charge on any atom is -0.462 e. The number of nitrogens with one attached hydrogen (secondary N) is 1. The Hall–Kier alpha value is -3.91. The summed E-state index contributed by atoms with van der Waals surface area (Å²) in [5.41, 5.74) is 8.22. The van der Waals surface area contributed by atoms with Crippen LogP contribution in [0.25, 0.3) is 5.69 Å². The Morgan fingerprint density at radius 3 is 2.61 bits per heavy atom. The molecule has 0 spiro atoms. The Kier molecular flexibility index (Phi) is 7.30. The predicted molar refractivity (Wildman–Crippen MR) is 122 cm³/mol. The van der Waals surface area contributed by atoms with Gasteiger partial charge in [0.15, 0.2) is 5.16 Å². The third-order valence-corrected chi connectivity index (χ3v) is 5.65. The molecule has 0 aliphatic carbocycles. The Morgan fingerprint density at radius 2 is 2.00 bits per heavy atom. The molecule has 0 saturated carbocycles.